The number of carbonyl (C=O) groups is 2. The van der Waals surface area contributed by atoms with E-state index in [1.165, 1.54) is 0 Å². The standard InChI is InChI=1S/C13H15NO5/c15-12(16)4-5-14-13(17)9-2-3-10-11(8-9)19-7-1-6-18-10/h2-3,8H,1,4-7H2,(H,14,17)(H,15,16). The number of aliphatic carboxylic acids is 1. The number of fused-ring (bicyclic) bond motifs is 1. The predicted octanol–water partition coefficient (Wildman–Crippen LogP) is 1.05. The lowest BCUT2D eigenvalue weighted by atomic mass is 10.2. The Balaban J connectivity index is 2.02. The maximum atomic E-state index is 11.8. The zero-order chi connectivity index (χ0) is 13.7. The Kier molecular flexibility index (Phi) is 4.22. The third-order valence-corrected chi connectivity index (χ3v) is 2.63. The molecule has 0 spiro atoms. The van der Waals surface area contributed by atoms with Crippen LogP contribution in [0.2, 0.25) is 0 Å². The Bertz CT molecular complexity index is 486. The summed E-state index contributed by atoms with van der Waals surface area (Å²) in [6, 6.07) is 4.92. The smallest absolute Gasteiger partial charge is 0.305 e. The Morgan fingerprint density at radius 2 is 1.95 bits per heavy atom. The molecule has 1 aliphatic rings. The number of ether oxygens (including phenoxy) is 2. The monoisotopic (exact) mass is 265 g/mol. The van der Waals surface area contributed by atoms with E-state index in [2.05, 4.69) is 5.32 Å². The summed E-state index contributed by atoms with van der Waals surface area (Å²) in [6.45, 7) is 1.25. The Labute approximate surface area is 110 Å². The molecule has 1 aliphatic heterocycles. The largest absolute Gasteiger partial charge is 0.490 e. The molecule has 1 amide bonds. The summed E-state index contributed by atoms with van der Waals surface area (Å²) in [4.78, 5) is 22.2. The molecule has 0 saturated heterocycles. The van der Waals surface area contributed by atoms with Crippen molar-refractivity contribution in [3.63, 3.8) is 0 Å². The second-order valence-electron chi connectivity index (χ2n) is 4.11. The van der Waals surface area contributed by atoms with Gasteiger partial charge >= 0.3 is 5.97 Å². The summed E-state index contributed by atoms with van der Waals surface area (Å²) in [6.07, 6.45) is 0.700. The van der Waals surface area contributed by atoms with E-state index in [1.54, 1.807) is 18.2 Å². The van der Waals surface area contributed by atoms with Gasteiger partial charge in [-0.2, -0.15) is 0 Å². The van der Waals surface area contributed by atoms with E-state index < -0.39 is 5.97 Å². The Morgan fingerprint density at radius 3 is 2.68 bits per heavy atom. The molecule has 2 rings (SSSR count). The molecule has 102 valence electrons. The van der Waals surface area contributed by atoms with Crippen LogP contribution in [0.4, 0.5) is 0 Å². The first-order valence-electron chi connectivity index (χ1n) is 6.06. The lowest BCUT2D eigenvalue weighted by molar-refractivity contribution is -0.136. The Hall–Kier alpha value is -2.24. The summed E-state index contributed by atoms with van der Waals surface area (Å²) in [7, 11) is 0. The van der Waals surface area contributed by atoms with Crippen molar-refractivity contribution in [1.29, 1.82) is 0 Å². The molecule has 0 atom stereocenters. The van der Waals surface area contributed by atoms with Crippen molar-refractivity contribution in [1.82, 2.24) is 5.32 Å². The van der Waals surface area contributed by atoms with Crippen LogP contribution in [0.5, 0.6) is 11.5 Å². The lowest BCUT2D eigenvalue weighted by Crippen LogP contribution is -2.25. The maximum absolute atomic E-state index is 11.8. The van der Waals surface area contributed by atoms with Crippen LogP contribution in [0, 0.1) is 0 Å². The highest BCUT2D eigenvalue weighted by atomic mass is 16.5. The first-order chi connectivity index (χ1) is 9.16. The highest BCUT2D eigenvalue weighted by Gasteiger charge is 2.14. The first-order valence-corrected chi connectivity index (χ1v) is 6.06. The fourth-order valence-corrected chi connectivity index (χ4v) is 1.69. The van der Waals surface area contributed by atoms with Gasteiger partial charge in [0.2, 0.25) is 0 Å². The van der Waals surface area contributed by atoms with Crippen LogP contribution < -0.4 is 14.8 Å². The summed E-state index contributed by atoms with van der Waals surface area (Å²) in [5, 5.41) is 11.0. The predicted molar refractivity (Wildman–Crippen MR) is 66.6 cm³/mol. The van der Waals surface area contributed by atoms with Crippen LogP contribution in [-0.4, -0.2) is 36.7 Å². The zero-order valence-electron chi connectivity index (χ0n) is 10.3. The third-order valence-electron chi connectivity index (χ3n) is 2.63. The van der Waals surface area contributed by atoms with Crippen LogP contribution in [0.3, 0.4) is 0 Å². The average Bonchev–Trinajstić information content (AvgIpc) is 2.62. The average molecular weight is 265 g/mol. The number of carbonyl (C=O) groups excluding carboxylic acids is 1. The summed E-state index contributed by atoms with van der Waals surface area (Å²) in [5.74, 6) is -0.0983. The minimum absolute atomic E-state index is 0.0998. The number of amides is 1. The second kappa shape index (κ2) is 6.08. The summed E-state index contributed by atoms with van der Waals surface area (Å²) >= 11 is 0. The number of hydrogen-bond acceptors (Lipinski definition) is 4. The number of benzene rings is 1. The molecule has 0 aliphatic carbocycles. The van der Waals surface area contributed by atoms with Gasteiger partial charge in [-0.15, -0.1) is 0 Å². The molecule has 19 heavy (non-hydrogen) atoms. The summed E-state index contributed by atoms with van der Waals surface area (Å²) in [5.41, 5.74) is 0.426. The third kappa shape index (κ3) is 3.61. The number of nitrogens with one attached hydrogen (secondary N) is 1. The molecule has 6 heteroatoms. The topological polar surface area (TPSA) is 84.9 Å². The Morgan fingerprint density at radius 1 is 1.21 bits per heavy atom. The molecule has 0 unspecified atom stereocenters. The lowest BCUT2D eigenvalue weighted by Gasteiger charge is -2.09. The van der Waals surface area contributed by atoms with E-state index in [-0.39, 0.29) is 18.9 Å². The normalized spacial score (nSPS) is 13.5. The molecule has 0 saturated carbocycles. The van der Waals surface area contributed by atoms with Gasteiger partial charge in [0.15, 0.2) is 11.5 Å². The highest BCUT2D eigenvalue weighted by molar-refractivity contribution is 5.95. The number of carboxylic acid groups (broad SMARTS) is 1. The van der Waals surface area contributed by atoms with E-state index in [0.717, 1.165) is 6.42 Å². The highest BCUT2D eigenvalue weighted by Crippen LogP contribution is 2.30. The van der Waals surface area contributed by atoms with E-state index in [4.69, 9.17) is 14.6 Å². The molecule has 2 N–H and O–H groups in total. The maximum Gasteiger partial charge on any atom is 0.305 e. The number of hydrogen-bond donors (Lipinski definition) is 2. The van der Waals surface area contributed by atoms with Gasteiger partial charge in [-0.05, 0) is 18.2 Å². The van der Waals surface area contributed by atoms with E-state index in [9.17, 15) is 9.59 Å². The molecule has 1 aromatic rings. The molecule has 0 aromatic heterocycles. The van der Waals surface area contributed by atoms with Crippen LogP contribution in [0.1, 0.15) is 23.2 Å². The van der Waals surface area contributed by atoms with E-state index in [1.807, 2.05) is 0 Å². The fourth-order valence-electron chi connectivity index (χ4n) is 1.69. The van der Waals surface area contributed by atoms with Crippen molar-refractivity contribution < 1.29 is 24.2 Å². The van der Waals surface area contributed by atoms with Crippen LogP contribution in [0.15, 0.2) is 18.2 Å². The van der Waals surface area contributed by atoms with Crippen LogP contribution in [-0.2, 0) is 4.79 Å². The SMILES string of the molecule is O=C(O)CCNC(=O)c1ccc2c(c1)OCCCO2. The van der Waals surface area contributed by atoms with Gasteiger partial charge in [0.1, 0.15) is 0 Å². The van der Waals surface area contributed by atoms with Crippen molar-refractivity contribution in [2.75, 3.05) is 19.8 Å². The zero-order valence-corrected chi connectivity index (χ0v) is 10.3. The van der Waals surface area contributed by atoms with Gasteiger partial charge < -0.3 is 19.9 Å². The van der Waals surface area contributed by atoms with Crippen LogP contribution in [0.25, 0.3) is 0 Å². The molecule has 1 aromatic carbocycles. The minimum Gasteiger partial charge on any atom is -0.490 e. The molecular weight excluding hydrogens is 250 g/mol. The minimum atomic E-state index is -0.945. The van der Waals surface area contributed by atoms with Crippen molar-refractivity contribution in [3.05, 3.63) is 23.8 Å². The summed E-state index contributed by atoms with van der Waals surface area (Å²) < 4.78 is 10.9. The van der Waals surface area contributed by atoms with Gasteiger partial charge in [0.25, 0.3) is 5.91 Å². The molecule has 1 heterocycles. The van der Waals surface area contributed by atoms with Crippen molar-refractivity contribution in [2.24, 2.45) is 0 Å². The van der Waals surface area contributed by atoms with E-state index in [0.29, 0.717) is 30.3 Å². The van der Waals surface area contributed by atoms with Crippen molar-refractivity contribution in [3.8, 4) is 11.5 Å². The fraction of sp³-hybridized carbons (Fsp3) is 0.385. The molecular formula is C13H15NO5. The van der Waals surface area contributed by atoms with Gasteiger partial charge in [-0.1, -0.05) is 0 Å². The van der Waals surface area contributed by atoms with Crippen molar-refractivity contribution >= 4 is 11.9 Å². The number of rotatable bonds is 4. The quantitative estimate of drug-likeness (QED) is 0.850. The van der Waals surface area contributed by atoms with Crippen molar-refractivity contribution in [2.45, 2.75) is 12.8 Å². The van der Waals surface area contributed by atoms with E-state index >= 15 is 0 Å². The molecule has 0 fully saturated rings. The second-order valence-corrected chi connectivity index (χ2v) is 4.11. The van der Waals surface area contributed by atoms with Gasteiger partial charge in [0, 0.05) is 18.5 Å². The van der Waals surface area contributed by atoms with Gasteiger partial charge in [0.05, 0.1) is 19.6 Å². The molecule has 6 nitrogen and oxygen atoms in total. The first kappa shape index (κ1) is 13.2. The number of carboxylic acids is 1. The van der Waals surface area contributed by atoms with Gasteiger partial charge in [-0.3, -0.25) is 9.59 Å². The molecule has 0 bridgehead atoms. The molecule has 0 radical (unpaired) electrons. The van der Waals surface area contributed by atoms with Crippen LogP contribution >= 0.6 is 0 Å². The van der Waals surface area contributed by atoms with Gasteiger partial charge in [-0.25, -0.2) is 0 Å².